The fourth-order valence-corrected chi connectivity index (χ4v) is 2.69. The third kappa shape index (κ3) is 3.35. The van der Waals surface area contributed by atoms with E-state index in [-0.39, 0.29) is 11.8 Å². The monoisotopic (exact) mass is 349 g/mol. The van der Waals surface area contributed by atoms with Gasteiger partial charge in [0.2, 0.25) is 5.91 Å². The van der Waals surface area contributed by atoms with Gasteiger partial charge in [-0.3, -0.25) is 4.79 Å². The predicted octanol–water partition coefficient (Wildman–Crippen LogP) is 3.42. The summed E-state index contributed by atoms with van der Waals surface area (Å²) in [5, 5.41) is 9.22. The van der Waals surface area contributed by atoms with E-state index >= 15 is 0 Å². The van der Waals surface area contributed by atoms with Gasteiger partial charge < -0.3 is 9.73 Å². The number of rotatable bonds is 4. The van der Waals surface area contributed by atoms with E-state index in [9.17, 15) is 9.59 Å². The molecule has 1 N–H and O–H groups in total. The second-order valence-electron chi connectivity index (χ2n) is 4.77. The number of benzene rings is 1. The number of nitrogens with one attached hydrogen (secondary N) is 1. The number of halogens is 1. The van der Waals surface area contributed by atoms with Crippen LogP contribution in [-0.2, 0) is 4.79 Å². The summed E-state index contributed by atoms with van der Waals surface area (Å²) in [6.45, 7) is 1.58. The molecule has 0 aliphatic rings. The molecular formula is C15H12ClN3O3S. The zero-order chi connectivity index (χ0) is 16.4. The van der Waals surface area contributed by atoms with Gasteiger partial charge in [-0.1, -0.05) is 17.7 Å². The lowest BCUT2D eigenvalue weighted by molar-refractivity contribution is -0.119. The maximum absolute atomic E-state index is 12.3. The number of hydrogen-bond acceptors (Lipinski definition) is 5. The first-order valence-corrected chi connectivity index (χ1v) is 8.00. The molecule has 6 nitrogen and oxygen atoms in total. The SMILES string of the molecule is C[C@@H](C(=O)Nc1ccc(Cl)cc1)n1nc(-c2cccs2)oc1=O. The van der Waals surface area contributed by atoms with E-state index in [1.807, 2.05) is 11.4 Å². The van der Waals surface area contributed by atoms with Crippen LogP contribution in [0.2, 0.25) is 5.02 Å². The molecule has 1 amide bonds. The Morgan fingerprint density at radius 3 is 2.74 bits per heavy atom. The van der Waals surface area contributed by atoms with E-state index in [1.165, 1.54) is 11.3 Å². The summed E-state index contributed by atoms with van der Waals surface area (Å²) in [6.07, 6.45) is 0. The topological polar surface area (TPSA) is 77.1 Å². The molecule has 0 aliphatic heterocycles. The van der Waals surface area contributed by atoms with E-state index in [0.717, 1.165) is 9.56 Å². The molecule has 23 heavy (non-hydrogen) atoms. The van der Waals surface area contributed by atoms with E-state index in [1.54, 1.807) is 37.3 Å². The number of amides is 1. The Bertz CT molecular complexity index is 868. The summed E-state index contributed by atoms with van der Waals surface area (Å²) < 4.78 is 6.13. The number of carbonyl (C=O) groups excluding carboxylic acids is 1. The van der Waals surface area contributed by atoms with Crippen LogP contribution < -0.4 is 11.1 Å². The largest absolute Gasteiger partial charge is 0.438 e. The summed E-state index contributed by atoms with van der Waals surface area (Å²) >= 11 is 7.20. The molecule has 0 aliphatic carbocycles. The second kappa shape index (κ2) is 6.39. The summed E-state index contributed by atoms with van der Waals surface area (Å²) in [5.41, 5.74) is 0.585. The second-order valence-corrected chi connectivity index (χ2v) is 6.15. The molecule has 2 heterocycles. The van der Waals surface area contributed by atoms with Crippen LogP contribution in [0, 0.1) is 0 Å². The highest BCUT2D eigenvalue weighted by molar-refractivity contribution is 7.13. The lowest BCUT2D eigenvalue weighted by Crippen LogP contribution is -2.30. The van der Waals surface area contributed by atoms with Gasteiger partial charge in [0.15, 0.2) is 0 Å². The van der Waals surface area contributed by atoms with Crippen LogP contribution in [-0.4, -0.2) is 15.7 Å². The fourth-order valence-electron chi connectivity index (χ4n) is 1.92. The molecule has 1 aromatic carbocycles. The first-order valence-electron chi connectivity index (χ1n) is 6.74. The van der Waals surface area contributed by atoms with Gasteiger partial charge >= 0.3 is 5.76 Å². The lowest BCUT2D eigenvalue weighted by Gasteiger charge is -2.10. The Morgan fingerprint density at radius 1 is 1.35 bits per heavy atom. The summed E-state index contributed by atoms with van der Waals surface area (Å²) in [7, 11) is 0. The van der Waals surface area contributed by atoms with Crippen molar-refractivity contribution < 1.29 is 9.21 Å². The Morgan fingerprint density at radius 2 is 2.09 bits per heavy atom. The molecule has 0 radical (unpaired) electrons. The maximum atomic E-state index is 12.3. The van der Waals surface area contributed by atoms with Gasteiger partial charge in [0, 0.05) is 10.7 Å². The first kappa shape index (κ1) is 15.5. The third-order valence-electron chi connectivity index (χ3n) is 3.16. The highest BCUT2D eigenvalue weighted by atomic mass is 35.5. The van der Waals surface area contributed by atoms with Crippen molar-refractivity contribution in [2.45, 2.75) is 13.0 Å². The van der Waals surface area contributed by atoms with Crippen LogP contribution in [0.3, 0.4) is 0 Å². The molecule has 0 bridgehead atoms. The molecule has 1 atom stereocenters. The first-order chi connectivity index (χ1) is 11.0. The molecule has 2 aromatic heterocycles. The van der Waals surface area contributed by atoms with Crippen molar-refractivity contribution in [3.05, 3.63) is 57.4 Å². The third-order valence-corrected chi connectivity index (χ3v) is 4.27. The van der Waals surface area contributed by atoms with Gasteiger partial charge in [-0.15, -0.1) is 16.4 Å². The van der Waals surface area contributed by atoms with Crippen molar-refractivity contribution in [2.24, 2.45) is 0 Å². The predicted molar refractivity (Wildman–Crippen MR) is 88.9 cm³/mol. The highest BCUT2D eigenvalue weighted by Gasteiger charge is 2.21. The maximum Gasteiger partial charge on any atom is 0.438 e. The molecule has 3 aromatic rings. The van der Waals surface area contributed by atoms with Gasteiger partial charge in [0.1, 0.15) is 6.04 Å². The molecule has 0 fully saturated rings. The van der Waals surface area contributed by atoms with Gasteiger partial charge in [-0.05, 0) is 42.6 Å². The molecule has 8 heteroatoms. The minimum Gasteiger partial charge on any atom is -0.387 e. The average molecular weight is 350 g/mol. The molecule has 0 unspecified atom stereocenters. The number of aromatic nitrogens is 2. The molecule has 0 saturated heterocycles. The summed E-state index contributed by atoms with van der Waals surface area (Å²) in [6, 6.07) is 9.49. The standard InChI is InChI=1S/C15H12ClN3O3S/c1-9(13(20)17-11-6-4-10(16)5-7-11)19-15(21)22-14(18-19)12-3-2-8-23-12/h2-9H,1H3,(H,17,20)/t9-/m0/s1. The van der Waals surface area contributed by atoms with Crippen LogP contribution in [0.4, 0.5) is 5.69 Å². The normalized spacial score (nSPS) is 12.1. The lowest BCUT2D eigenvalue weighted by atomic mass is 10.3. The fraction of sp³-hybridized carbons (Fsp3) is 0.133. The van der Waals surface area contributed by atoms with Crippen LogP contribution in [0.25, 0.3) is 10.8 Å². The van der Waals surface area contributed by atoms with Crippen molar-refractivity contribution in [1.29, 1.82) is 0 Å². The molecule has 0 saturated carbocycles. The van der Waals surface area contributed by atoms with Crippen molar-refractivity contribution in [3.63, 3.8) is 0 Å². The Balaban J connectivity index is 1.79. The van der Waals surface area contributed by atoms with Crippen molar-refractivity contribution >= 4 is 34.5 Å². The van der Waals surface area contributed by atoms with Gasteiger partial charge in [-0.2, -0.15) is 4.68 Å². The zero-order valence-corrected chi connectivity index (χ0v) is 13.6. The number of carbonyl (C=O) groups is 1. The molecular weight excluding hydrogens is 338 g/mol. The van der Waals surface area contributed by atoms with E-state index in [0.29, 0.717) is 10.7 Å². The minimum atomic E-state index is -0.810. The number of anilines is 1. The Kier molecular flexibility index (Phi) is 4.31. The van der Waals surface area contributed by atoms with Gasteiger partial charge in [0.05, 0.1) is 4.88 Å². The van der Waals surface area contributed by atoms with Gasteiger partial charge in [0.25, 0.3) is 5.89 Å². The average Bonchev–Trinajstić information content (AvgIpc) is 3.18. The molecule has 3 rings (SSSR count). The highest BCUT2D eigenvalue weighted by Crippen LogP contribution is 2.22. The van der Waals surface area contributed by atoms with E-state index in [2.05, 4.69) is 10.4 Å². The Hall–Kier alpha value is -2.38. The van der Waals surface area contributed by atoms with E-state index in [4.69, 9.17) is 16.0 Å². The zero-order valence-electron chi connectivity index (χ0n) is 12.0. The van der Waals surface area contributed by atoms with Crippen LogP contribution in [0.5, 0.6) is 0 Å². The van der Waals surface area contributed by atoms with E-state index < -0.39 is 11.8 Å². The number of thiophene rings is 1. The van der Waals surface area contributed by atoms with Crippen molar-refractivity contribution in [1.82, 2.24) is 9.78 Å². The molecule has 0 spiro atoms. The smallest absolute Gasteiger partial charge is 0.387 e. The number of nitrogens with zero attached hydrogens (tertiary/aromatic N) is 2. The summed E-state index contributed by atoms with van der Waals surface area (Å²) in [4.78, 5) is 24.9. The van der Waals surface area contributed by atoms with Crippen LogP contribution in [0.1, 0.15) is 13.0 Å². The van der Waals surface area contributed by atoms with Gasteiger partial charge in [-0.25, -0.2) is 4.79 Å². The number of hydrogen-bond donors (Lipinski definition) is 1. The van der Waals surface area contributed by atoms with Crippen LogP contribution >= 0.6 is 22.9 Å². The molecule has 118 valence electrons. The van der Waals surface area contributed by atoms with Crippen molar-refractivity contribution in [3.8, 4) is 10.8 Å². The quantitative estimate of drug-likeness (QED) is 0.783. The van der Waals surface area contributed by atoms with Crippen molar-refractivity contribution in [2.75, 3.05) is 5.32 Å². The Labute approximate surface area is 140 Å². The van der Waals surface area contributed by atoms with Crippen LogP contribution in [0.15, 0.2) is 51.0 Å². The summed E-state index contributed by atoms with van der Waals surface area (Å²) in [5.74, 6) is -0.844. The minimum absolute atomic E-state index is 0.205.